The fraction of sp³-hybridized carbons (Fsp3) is 0.105. The molecule has 0 radical (unpaired) electrons. The summed E-state index contributed by atoms with van der Waals surface area (Å²) in [6.45, 7) is 2.06. The second-order valence-corrected chi connectivity index (χ2v) is 7.72. The summed E-state index contributed by atoms with van der Waals surface area (Å²) >= 11 is 4.76. The summed E-state index contributed by atoms with van der Waals surface area (Å²) in [5.74, 6) is 0.185. The van der Waals surface area contributed by atoms with Crippen molar-refractivity contribution in [3.05, 3.63) is 64.6 Å². The summed E-state index contributed by atoms with van der Waals surface area (Å²) in [5.41, 5.74) is 3.76. The fourth-order valence-corrected chi connectivity index (χ4v) is 3.84. The maximum Gasteiger partial charge on any atom is 0.234 e. The summed E-state index contributed by atoms with van der Waals surface area (Å²) in [5, 5.41) is 13.3. The number of pyridine rings is 1. The number of anilines is 1. The number of carbonyl (C=O) groups is 1. The predicted molar refractivity (Wildman–Crippen MR) is 109 cm³/mol. The highest BCUT2D eigenvalue weighted by Crippen LogP contribution is 2.25. The molecule has 2 aromatic carbocycles. The molecule has 0 spiro atoms. The lowest BCUT2D eigenvalue weighted by Crippen LogP contribution is -2.14. The van der Waals surface area contributed by atoms with E-state index < -0.39 is 0 Å². The number of nitrogens with zero attached hydrogens (tertiary/aromatic N) is 3. The third-order valence-electron chi connectivity index (χ3n) is 4.03. The largest absolute Gasteiger partial charge is 0.325 e. The van der Waals surface area contributed by atoms with Crippen LogP contribution in [-0.4, -0.2) is 26.3 Å². The number of thioether (sulfide) groups is 1. The quantitative estimate of drug-likeness (QED) is 0.481. The van der Waals surface area contributed by atoms with Crippen molar-refractivity contribution in [2.45, 2.75) is 12.1 Å². The molecule has 0 aliphatic rings. The van der Waals surface area contributed by atoms with Crippen LogP contribution in [0.15, 0.2) is 64.2 Å². The van der Waals surface area contributed by atoms with Crippen LogP contribution in [0, 0.1) is 6.92 Å². The number of hydrogen-bond acceptors (Lipinski definition) is 4. The molecule has 0 fully saturated rings. The number of carbonyl (C=O) groups excluding carboxylic acids is 1. The normalized spacial score (nSPS) is 11.2. The Hall–Kier alpha value is -2.38. The summed E-state index contributed by atoms with van der Waals surface area (Å²) in [4.78, 5) is 12.2. The summed E-state index contributed by atoms with van der Waals surface area (Å²) < 4.78 is 2.97. The molecule has 0 atom stereocenters. The Balaban J connectivity index is 1.57. The average molecular weight is 427 g/mol. The standard InChI is InChI=1S/C19H15BrN4OS/c1-12-10-17-22-23-19(24(17)16-5-3-2-4-15(12)16)26-11-18(25)21-14-8-6-13(20)7-9-14/h2-10H,11H2,1H3,(H,21,25). The van der Waals surface area contributed by atoms with Gasteiger partial charge in [0.2, 0.25) is 5.91 Å². The van der Waals surface area contributed by atoms with E-state index in [2.05, 4.69) is 44.4 Å². The van der Waals surface area contributed by atoms with Crippen molar-refractivity contribution in [2.24, 2.45) is 0 Å². The number of hydrogen-bond donors (Lipinski definition) is 1. The first-order valence-corrected chi connectivity index (χ1v) is 9.81. The molecule has 4 aromatic rings. The van der Waals surface area contributed by atoms with Gasteiger partial charge in [0, 0.05) is 15.5 Å². The van der Waals surface area contributed by atoms with Crippen molar-refractivity contribution in [3.63, 3.8) is 0 Å². The first kappa shape index (κ1) is 17.1. The Labute approximate surface area is 162 Å². The van der Waals surface area contributed by atoms with Gasteiger partial charge in [-0.3, -0.25) is 9.20 Å². The third-order valence-corrected chi connectivity index (χ3v) is 5.49. The van der Waals surface area contributed by atoms with E-state index in [1.165, 1.54) is 11.8 Å². The third kappa shape index (κ3) is 3.32. The van der Waals surface area contributed by atoms with E-state index in [1.807, 2.05) is 52.9 Å². The van der Waals surface area contributed by atoms with Crippen molar-refractivity contribution in [3.8, 4) is 0 Å². The van der Waals surface area contributed by atoms with E-state index in [-0.39, 0.29) is 11.7 Å². The molecular weight excluding hydrogens is 412 g/mol. The minimum atomic E-state index is -0.0783. The molecule has 7 heteroatoms. The molecule has 0 unspecified atom stereocenters. The molecule has 130 valence electrons. The van der Waals surface area contributed by atoms with Gasteiger partial charge in [0.05, 0.1) is 11.3 Å². The van der Waals surface area contributed by atoms with Gasteiger partial charge in [-0.15, -0.1) is 10.2 Å². The number of nitrogens with one attached hydrogen (secondary N) is 1. The minimum absolute atomic E-state index is 0.0783. The number of aryl methyl sites for hydroxylation is 1. The molecule has 0 aliphatic heterocycles. The second kappa shape index (κ2) is 7.09. The molecule has 0 bridgehead atoms. The molecule has 0 saturated heterocycles. The lowest BCUT2D eigenvalue weighted by molar-refractivity contribution is -0.113. The van der Waals surface area contributed by atoms with E-state index in [0.717, 1.165) is 32.3 Å². The Morgan fingerprint density at radius 1 is 1.15 bits per heavy atom. The van der Waals surface area contributed by atoms with Crippen molar-refractivity contribution in [1.29, 1.82) is 0 Å². The second-order valence-electron chi connectivity index (χ2n) is 5.86. The van der Waals surface area contributed by atoms with Crippen molar-refractivity contribution >= 4 is 55.8 Å². The van der Waals surface area contributed by atoms with E-state index in [1.54, 1.807) is 0 Å². The first-order chi connectivity index (χ1) is 12.6. The molecule has 5 nitrogen and oxygen atoms in total. The highest BCUT2D eigenvalue weighted by atomic mass is 79.9. The number of halogens is 1. The molecule has 4 rings (SSSR count). The Kier molecular flexibility index (Phi) is 4.65. The monoisotopic (exact) mass is 426 g/mol. The summed E-state index contributed by atoms with van der Waals surface area (Å²) in [6, 6.07) is 17.7. The van der Waals surface area contributed by atoms with Crippen LogP contribution in [0.2, 0.25) is 0 Å². The summed E-state index contributed by atoms with van der Waals surface area (Å²) in [7, 11) is 0. The van der Waals surface area contributed by atoms with Gasteiger partial charge in [-0.05, 0) is 48.9 Å². The zero-order valence-corrected chi connectivity index (χ0v) is 16.3. The SMILES string of the molecule is Cc1cc2nnc(SCC(=O)Nc3ccc(Br)cc3)n2c2ccccc12. The molecule has 26 heavy (non-hydrogen) atoms. The van der Waals surface area contributed by atoms with Gasteiger partial charge in [0.25, 0.3) is 0 Å². The lowest BCUT2D eigenvalue weighted by Gasteiger charge is -2.07. The average Bonchev–Trinajstić information content (AvgIpc) is 3.05. The maximum atomic E-state index is 12.2. The molecule has 2 heterocycles. The van der Waals surface area contributed by atoms with Gasteiger partial charge in [-0.25, -0.2) is 0 Å². The number of rotatable bonds is 4. The number of amides is 1. The van der Waals surface area contributed by atoms with Gasteiger partial charge >= 0.3 is 0 Å². The van der Waals surface area contributed by atoms with Crippen LogP contribution < -0.4 is 5.32 Å². The van der Waals surface area contributed by atoms with E-state index >= 15 is 0 Å². The molecule has 1 N–H and O–H groups in total. The van der Waals surface area contributed by atoms with Gasteiger partial charge in [-0.2, -0.15) is 0 Å². The van der Waals surface area contributed by atoms with Gasteiger partial charge < -0.3 is 5.32 Å². The zero-order chi connectivity index (χ0) is 18.1. The predicted octanol–water partition coefficient (Wildman–Crippen LogP) is 4.68. The van der Waals surface area contributed by atoms with Crippen LogP contribution >= 0.6 is 27.7 Å². The van der Waals surface area contributed by atoms with E-state index in [9.17, 15) is 4.79 Å². The van der Waals surface area contributed by atoms with E-state index in [4.69, 9.17) is 0 Å². The van der Waals surface area contributed by atoms with Crippen molar-refractivity contribution in [2.75, 3.05) is 11.1 Å². The highest BCUT2D eigenvalue weighted by molar-refractivity contribution is 9.10. The van der Waals surface area contributed by atoms with Crippen LogP contribution in [0.1, 0.15) is 5.56 Å². The van der Waals surface area contributed by atoms with E-state index in [0.29, 0.717) is 5.16 Å². The fourth-order valence-electron chi connectivity index (χ4n) is 2.83. The Morgan fingerprint density at radius 3 is 2.73 bits per heavy atom. The van der Waals surface area contributed by atoms with Crippen molar-refractivity contribution < 1.29 is 4.79 Å². The number of benzene rings is 2. The molecule has 1 amide bonds. The topological polar surface area (TPSA) is 59.3 Å². The summed E-state index contributed by atoms with van der Waals surface area (Å²) in [6.07, 6.45) is 0. The first-order valence-electron chi connectivity index (χ1n) is 8.03. The van der Waals surface area contributed by atoms with Gasteiger partial charge in [0.15, 0.2) is 10.8 Å². The van der Waals surface area contributed by atoms with Gasteiger partial charge in [-0.1, -0.05) is 45.9 Å². The van der Waals surface area contributed by atoms with Crippen LogP contribution in [0.25, 0.3) is 16.6 Å². The number of aromatic nitrogens is 3. The molecular formula is C19H15BrN4OS. The Morgan fingerprint density at radius 2 is 1.92 bits per heavy atom. The number of para-hydroxylation sites is 1. The van der Waals surface area contributed by atoms with Crippen LogP contribution in [0.3, 0.4) is 0 Å². The van der Waals surface area contributed by atoms with Crippen LogP contribution in [-0.2, 0) is 4.79 Å². The minimum Gasteiger partial charge on any atom is -0.325 e. The Bertz CT molecular complexity index is 1110. The van der Waals surface area contributed by atoms with Crippen LogP contribution in [0.4, 0.5) is 5.69 Å². The highest BCUT2D eigenvalue weighted by Gasteiger charge is 2.13. The lowest BCUT2D eigenvalue weighted by atomic mass is 10.1. The smallest absolute Gasteiger partial charge is 0.234 e. The number of fused-ring (bicyclic) bond motifs is 3. The van der Waals surface area contributed by atoms with Crippen molar-refractivity contribution in [1.82, 2.24) is 14.6 Å². The maximum absolute atomic E-state index is 12.2. The molecule has 0 aliphatic carbocycles. The molecule has 2 aromatic heterocycles. The zero-order valence-electron chi connectivity index (χ0n) is 13.9. The molecule has 0 saturated carbocycles. The van der Waals surface area contributed by atoms with Crippen LogP contribution in [0.5, 0.6) is 0 Å². The van der Waals surface area contributed by atoms with Gasteiger partial charge in [0.1, 0.15) is 0 Å².